The zero-order valence-electron chi connectivity index (χ0n) is 20.7. The Kier molecular flexibility index (Phi) is 8.81. The van der Waals surface area contributed by atoms with Crippen LogP contribution in [0.3, 0.4) is 0 Å². The number of carboxylic acid groups (broad SMARTS) is 1. The number of ether oxygens (including phenoxy) is 2. The molecule has 1 aliphatic heterocycles. The average molecular weight is 526 g/mol. The lowest BCUT2D eigenvalue weighted by atomic mass is 9.87. The van der Waals surface area contributed by atoms with Crippen LogP contribution >= 0.6 is 0 Å². The van der Waals surface area contributed by atoms with Crippen molar-refractivity contribution in [1.82, 2.24) is 4.90 Å². The van der Waals surface area contributed by atoms with Crippen molar-refractivity contribution in [3.05, 3.63) is 95.6 Å². The van der Waals surface area contributed by atoms with Crippen LogP contribution in [-0.2, 0) is 25.6 Å². The maximum Gasteiger partial charge on any atom is 0.407 e. The number of piperidine rings is 1. The van der Waals surface area contributed by atoms with Crippen molar-refractivity contribution in [1.29, 1.82) is 0 Å². The second-order valence-electron chi connectivity index (χ2n) is 8.97. The van der Waals surface area contributed by atoms with E-state index in [1.165, 1.54) is 17.0 Å². The largest absolute Gasteiger partial charge is 0.489 e. The first-order chi connectivity index (χ1) is 17.8. The highest BCUT2D eigenvalue weighted by Gasteiger charge is 2.33. The predicted molar refractivity (Wildman–Crippen MR) is 138 cm³/mol. The highest BCUT2D eigenvalue weighted by atomic mass is 32.2. The molecule has 0 aromatic heterocycles. The number of aryl methyl sites for hydroxylation is 1. The van der Waals surface area contributed by atoms with E-state index < -0.39 is 22.3 Å². The Morgan fingerprint density at radius 3 is 2.35 bits per heavy atom. The van der Waals surface area contributed by atoms with E-state index in [1.807, 2.05) is 61.5 Å². The number of hydrogen-bond acceptors (Lipinski definition) is 6. The SMILES string of the molecule is Cc1ccc(S(=O)(=O)OCCOC2CN(C(=O)O)CCC2c2ccc(OCc3ccccc3)cc2)cc1. The summed E-state index contributed by atoms with van der Waals surface area (Å²) in [6, 6.07) is 24.0. The molecule has 1 N–H and O–H groups in total. The number of carbonyl (C=O) groups is 1. The molecule has 0 spiro atoms. The molecule has 2 unspecified atom stereocenters. The molecular weight excluding hydrogens is 494 g/mol. The molecule has 1 fully saturated rings. The van der Waals surface area contributed by atoms with Crippen LogP contribution in [0.1, 0.15) is 29.0 Å². The minimum Gasteiger partial charge on any atom is -0.489 e. The van der Waals surface area contributed by atoms with Crippen LogP contribution in [0.25, 0.3) is 0 Å². The lowest BCUT2D eigenvalue weighted by Gasteiger charge is -2.37. The number of nitrogens with zero attached hydrogens (tertiary/aromatic N) is 1. The second kappa shape index (κ2) is 12.2. The molecular formula is C28H31NO7S. The van der Waals surface area contributed by atoms with E-state index in [4.69, 9.17) is 13.7 Å². The van der Waals surface area contributed by atoms with Crippen LogP contribution in [0.5, 0.6) is 5.75 Å². The summed E-state index contributed by atoms with van der Waals surface area (Å²) in [4.78, 5) is 13.0. The van der Waals surface area contributed by atoms with Crippen molar-refractivity contribution in [2.75, 3.05) is 26.3 Å². The minimum atomic E-state index is -3.90. The van der Waals surface area contributed by atoms with E-state index >= 15 is 0 Å². The number of rotatable bonds is 10. The van der Waals surface area contributed by atoms with Gasteiger partial charge in [0.15, 0.2) is 0 Å². The smallest absolute Gasteiger partial charge is 0.407 e. The normalized spacial score (nSPS) is 17.9. The lowest BCUT2D eigenvalue weighted by Crippen LogP contribution is -2.46. The van der Waals surface area contributed by atoms with Gasteiger partial charge in [-0.25, -0.2) is 4.79 Å². The molecule has 37 heavy (non-hydrogen) atoms. The van der Waals surface area contributed by atoms with Gasteiger partial charge >= 0.3 is 6.09 Å². The maximum atomic E-state index is 12.4. The summed E-state index contributed by atoms with van der Waals surface area (Å²) in [5.74, 6) is 0.690. The van der Waals surface area contributed by atoms with Gasteiger partial charge < -0.3 is 19.5 Å². The fourth-order valence-corrected chi connectivity index (χ4v) is 5.20. The van der Waals surface area contributed by atoms with Crippen molar-refractivity contribution in [3.8, 4) is 5.75 Å². The third-order valence-electron chi connectivity index (χ3n) is 6.35. The Bertz CT molecular complexity index is 1260. The predicted octanol–water partition coefficient (Wildman–Crippen LogP) is 4.83. The quantitative estimate of drug-likeness (QED) is 0.299. The third-order valence-corrected chi connectivity index (χ3v) is 7.68. The Hall–Kier alpha value is -3.40. The Balaban J connectivity index is 1.36. The van der Waals surface area contributed by atoms with Gasteiger partial charge in [0.2, 0.25) is 0 Å². The van der Waals surface area contributed by atoms with Crippen LogP contribution < -0.4 is 4.74 Å². The van der Waals surface area contributed by atoms with Crippen LogP contribution in [0.4, 0.5) is 4.79 Å². The number of hydrogen-bond donors (Lipinski definition) is 1. The molecule has 1 aliphatic rings. The zero-order chi connectivity index (χ0) is 26.3. The summed E-state index contributed by atoms with van der Waals surface area (Å²) in [6.45, 7) is 2.77. The summed E-state index contributed by atoms with van der Waals surface area (Å²) < 4.78 is 41.8. The summed E-state index contributed by atoms with van der Waals surface area (Å²) in [5, 5.41) is 9.48. The zero-order valence-corrected chi connectivity index (χ0v) is 21.5. The first kappa shape index (κ1) is 26.7. The van der Waals surface area contributed by atoms with Crippen molar-refractivity contribution in [3.63, 3.8) is 0 Å². The highest BCUT2D eigenvalue weighted by molar-refractivity contribution is 7.86. The molecule has 0 bridgehead atoms. The van der Waals surface area contributed by atoms with Gasteiger partial charge in [0.05, 0.1) is 30.8 Å². The Labute approximate surface area is 217 Å². The standard InChI is InChI=1S/C28H31NO7S/c1-21-7-13-25(14-8-21)37(32,33)36-18-17-34-27-19-29(28(30)31)16-15-26(27)23-9-11-24(12-10-23)35-20-22-5-3-2-4-6-22/h2-14,26-27H,15-20H2,1H3,(H,30,31). The van der Waals surface area contributed by atoms with Gasteiger partial charge in [-0.3, -0.25) is 4.18 Å². The van der Waals surface area contributed by atoms with E-state index in [-0.39, 0.29) is 30.6 Å². The molecule has 1 saturated heterocycles. The maximum absolute atomic E-state index is 12.4. The van der Waals surface area contributed by atoms with Crippen LogP contribution in [-0.4, -0.2) is 56.9 Å². The highest BCUT2D eigenvalue weighted by Crippen LogP contribution is 2.32. The minimum absolute atomic E-state index is 0.0119. The molecule has 9 heteroatoms. The summed E-state index contributed by atoms with van der Waals surface area (Å²) in [7, 11) is -3.90. The monoisotopic (exact) mass is 525 g/mol. The molecule has 8 nitrogen and oxygen atoms in total. The molecule has 0 aliphatic carbocycles. The summed E-state index contributed by atoms with van der Waals surface area (Å²) >= 11 is 0. The van der Waals surface area contributed by atoms with Gasteiger partial charge in [0.1, 0.15) is 12.4 Å². The van der Waals surface area contributed by atoms with Crippen molar-refractivity contribution < 1.29 is 32.0 Å². The van der Waals surface area contributed by atoms with Gasteiger partial charge in [0, 0.05) is 12.5 Å². The molecule has 4 rings (SSSR count). The number of amides is 1. The fourth-order valence-electron chi connectivity index (χ4n) is 4.31. The van der Waals surface area contributed by atoms with Crippen molar-refractivity contribution in [2.24, 2.45) is 0 Å². The van der Waals surface area contributed by atoms with Gasteiger partial charge in [-0.2, -0.15) is 8.42 Å². The number of likely N-dealkylation sites (tertiary alicyclic amines) is 1. The molecule has 2 atom stereocenters. The van der Waals surface area contributed by atoms with Gasteiger partial charge in [-0.15, -0.1) is 0 Å². The molecule has 0 saturated carbocycles. The number of benzene rings is 3. The van der Waals surface area contributed by atoms with Gasteiger partial charge in [-0.1, -0.05) is 60.2 Å². The van der Waals surface area contributed by atoms with Gasteiger partial charge in [0.25, 0.3) is 10.1 Å². The first-order valence-electron chi connectivity index (χ1n) is 12.1. The van der Waals surface area contributed by atoms with Crippen LogP contribution in [0.2, 0.25) is 0 Å². The topological polar surface area (TPSA) is 102 Å². The van der Waals surface area contributed by atoms with E-state index in [0.29, 0.717) is 19.6 Å². The molecule has 1 heterocycles. The average Bonchev–Trinajstić information content (AvgIpc) is 2.91. The van der Waals surface area contributed by atoms with E-state index in [9.17, 15) is 18.3 Å². The van der Waals surface area contributed by atoms with Crippen molar-refractivity contribution >= 4 is 16.2 Å². The summed E-state index contributed by atoms with van der Waals surface area (Å²) in [6.07, 6.45) is -0.856. The molecule has 3 aromatic carbocycles. The lowest BCUT2D eigenvalue weighted by molar-refractivity contribution is -0.0200. The molecule has 196 valence electrons. The van der Waals surface area contributed by atoms with Crippen molar-refractivity contribution in [2.45, 2.75) is 36.9 Å². The Morgan fingerprint density at radius 1 is 0.973 bits per heavy atom. The Morgan fingerprint density at radius 2 is 1.68 bits per heavy atom. The fraction of sp³-hybridized carbons (Fsp3) is 0.321. The van der Waals surface area contributed by atoms with E-state index in [1.54, 1.807) is 12.1 Å². The van der Waals surface area contributed by atoms with Crippen LogP contribution in [0.15, 0.2) is 83.8 Å². The first-order valence-corrected chi connectivity index (χ1v) is 13.5. The van der Waals surface area contributed by atoms with E-state index in [2.05, 4.69) is 0 Å². The summed E-state index contributed by atoms with van der Waals surface area (Å²) in [5.41, 5.74) is 3.03. The van der Waals surface area contributed by atoms with Crippen LogP contribution in [0, 0.1) is 6.92 Å². The molecule has 3 aromatic rings. The van der Waals surface area contributed by atoms with E-state index in [0.717, 1.165) is 22.4 Å². The molecule has 0 radical (unpaired) electrons. The second-order valence-corrected chi connectivity index (χ2v) is 10.6. The van der Waals surface area contributed by atoms with Gasteiger partial charge in [-0.05, 0) is 48.7 Å². The third kappa shape index (κ3) is 7.31. The molecule has 1 amide bonds.